The molecule has 21 heavy (non-hydrogen) atoms. The predicted molar refractivity (Wildman–Crippen MR) is 87.7 cm³/mol. The molecule has 0 fully saturated rings. The Kier molecular flexibility index (Phi) is 5.82. The maximum absolute atomic E-state index is 12.8. The summed E-state index contributed by atoms with van der Waals surface area (Å²) in [6.07, 6.45) is 0. The van der Waals surface area contributed by atoms with E-state index >= 15 is 0 Å². The molecule has 2 aromatic carbocycles. The first-order valence-corrected chi connectivity index (χ1v) is 8.17. The molecule has 0 bridgehead atoms. The highest BCUT2D eigenvalue weighted by Crippen LogP contribution is 2.30. The minimum absolute atomic E-state index is 0.0416. The third kappa shape index (κ3) is 4.86. The number of halogens is 2. The minimum Gasteiger partial charge on any atom is -0.351 e. The molecule has 110 valence electrons. The van der Waals surface area contributed by atoms with Gasteiger partial charge in [0.05, 0.1) is 5.25 Å². The van der Waals surface area contributed by atoms with Gasteiger partial charge in [-0.1, -0.05) is 24.3 Å². The van der Waals surface area contributed by atoms with E-state index in [0.717, 1.165) is 14.9 Å². The van der Waals surface area contributed by atoms with Crippen molar-refractivity contribution in [2.75, 3.05) is 0 Å². The normalized spacial score (nSPS) is 12.0. The zero-order chi connectivity index (χ0) is 15.2. The van der Waals surface area contributed by atoms with Crippen molar-refractivity contribution >= 4 is 33.6 Å². The van der Waals surface area contributed by atoms with Crippen LogP contribution in [0.15, 0.2) is 57.9 Å². The second-order valence-corrected chi connectivity index (χ2v) is 6.77. The molecule has 5 heteroatoms. The van der Waals surface area contributed by atoms with Gasteiger partial charge in [-0.05, 0) is 52.7 Å². The number of hydrogen-bond donors (Lipinski definition) is 1. The van der Waals surface area contributed by atoms with Crippen molar-refractivity contribution in [1.29, 1.82) is 0 Å². The van der Waals surface area contributed by atoms with Crippen molar-refractivity contribution < 1.29 is 9.18 Å². The fraction of sp³-hybridized carbons (Fsp3) is 0.188. The quantitative estimate of drug-likeness (QED) is 0.794. The molecule has 2 aromatic rings. The van der Waals surface area contributed by atoms with E-state index in [9.17, 15) is 9.18 Å². The van der Waals surface area contributed by atoms with Gasteiger partial charge in [-0.2, -0.15) is 0 Å². The molecule has 0 heterocycles. The van der Waals surface area contributed by atoms with Crippen molar-refractivity contribution in [2.24, 2.45) is 0 Å². The molecular formula is C16H15BrFNOS. The van der Waals surface area contributed by atoms with Gasteiger partial charge in [0.2, 0.25) is 5.91 Å². The van der Waals surface area contributed by atoms with Gasteiger partial charge in [-0.25, -0.2) is 4.39 Å². The van der Waals surface area contributed by atoms with Crippen LogP contribution in [0.5, 0.6) is 0 Å². The summed E-state index contributed by atoms with van der Waals surface area (Å²) in [5.74, 6) is -0.317. The van der Waals surface area contributed by atoms with Crippen LogP contribution >= 0.6 is 27.7 Å². The summed E-state index contributed by atoms with van der Waals surface area (Å²) < 4.78 is 13.8. The van der Waals surface area contributed by atoms with E-state index in [4.69, 9.17) is 0 Å². The fourth-order valence-corrected chi connectivity index (χ4v) is 3.19. The first-order chi connectivity index (χ1) is 10.1. The van der Waals surface area contributed by atoms with E-state index in [1.54, 1.807) is 12.1 Å². The van der Waals surface area contributed by atoms with Crippen LogP contribution in [0.3, 0.4) is 0 Å². The minimum atomic E-state index is -0.275. The van der Waals surface area contributed by atoms with Crippen LogP contribution in [0.4, 0.5) is 4.39 Å². The van der Waals surface area contributed by atoms with Crippen LogP contribution in [0.2, 0.25) is 0 Å². The average molecular weight is 368 g/mol. The number of amides is 1. The summed E-state index contributed by atoms with van der Waals surface area (Å²) in [5.41, 5.74) is 0.878. The van der Waals surface area contributed by atoms with Gasteiger partial charge in [0.25, 0.3) is 0 Å². The van der Waals surface area contributed by atoms with Crippen LogP contribution in [0.25, 0.3) is 0 Å². The molecule has 1 N–H and O–H groups in total. The highest BCUT2D eigenvalue weighted by molar-refractivity contribution is 9.10. The summed E-state index contributed by atoms with van der Waals surface area (Å²) in [7, 11) is 0. The Balaban J connectivity index is 1.88. The smallest absolute Gasteiger partial charge is 0.233 e. The average Bonchev–Trinajstić information content (AvgIpc) is 2.48. The Morgan fingerprint density at radius 2 is 1.90 bits per heavy atom. The molecule has 2 rings (SSSR count). The lowest BCUT2D eigenvalue weighted by molar-refractivity contribution is -0.120. The van der Waals surface area contributed by atoms with Crippen molar-refractivity contribution in [3.63, 3.8) is 0 Å². The number of thioether (sulfide) groups is 1. The van der Waals surface area contributed by atoms with Gasteiger partial charge in [0, 0.05) is 15.9 Å². The second-order valence-electron chi connectivity index (χ2n) is 4.53. The SMILES string of the molecule is CC(Sc1ccccc1Br)C(=O)NCc1ccc(F)cc1. The van der Waals surface area contributed by atoms with Crippen LogP contribution in [-0.4, -0.2) is 11.2 Å². The zero-order valence-electron chi connectivity index (χ0n) is 11.5. The Labute approximate surface area is 136 Å². The monoisotopic (exact) mass is 367 g/mol. The molecule has 0 saturated carbocycles. The van der Waals surface area contributed by atoms with Crippen LogP contribution in [0.1, 0.15) is 12.5 Å². The highest BCUT2D eigenvalue weighted by atomic mass is 79.9. The fourth-order valence-electron chi connectivity index (χ4n) is 1.72. The molecule has 2 nitrogen and oxygen atoms in total. The third-order valence-corrected chi connectivity index (χ3v) is 5.02. The lowest BCUT2D eigenvalue weighted by Gasteiger charge is -2.13. The lowest BCUT2D eigenvalue weighted by Crippen LogP contribution is -2.30. The second kappa shape index (κ2) is 7.61. The number of nitrogens with one attached hydrogen (secondary N) is 1. The number of carbonyl (C=O) groups is 1. The molecule has 1 atom stereocenters. The van der Waals surface area contributed by atoms with Gasteiger partial charge in [0.1, 0.15) is 5.82 Å². The molecule has 0 radical (unpaired) electrons. The topological polar surface area (TPSA) is 29.1 Å². The Bertz CT molecular complexity index is 618. The van der Waals surface area contributed by atoms with Gasteiger partial charge in [-0.15, -0.1) is 11.8 Å². The van der Waals surface area contributed by atoms with Crippen LogP contribution in [-0.2, 0) is 11.3 Å². The molecule has 0 saturated heterocycles. The molecule has 0 aliphatic heterocycles. The molecule has 1 unspecified atom stereocenters. The van der Waals surface area contributed by atoms with E-state index < -0.39 is 0 Å². The van der Waals surface area contributed by atoms with Gasteiger partial charge in [0.15, 0.2) is 0 Å². The number of hydrogen-bond acceptors (Lipinski definition) is 2. The summed E-state index contributed by atoms with van der Waals surface area (Å²) in [6, 6.07) is 13.9. The lowest BCUT2D eigenvalue weighted by atomic mass is 10.2. The molecule has 0 aliphatic rings. The largest absolute Gasteiger partial charge is 0.351 e. The van der Waals surface area contributed by atoms with Crippen molar-refractivity contribution in [3.05, 3.63) is 64.4 Å². The Morgan fingerprint density at radius 1 is 1.24 bits per heavy atom. The molecule has 1 amide bonds. The van der Waals surface area contributed by atoms with Crippen molar-refractivity contribution in [3.8, 4) is 0 Å². The van der Waals surface area contributed by atoms with E-state index in [-0.39, 0.29) is 17.0 Å². The summed E-state index contributed by atoms with van der Waals surface area (Å²) in [5, 5.41) is 2.66. The predicted octanol–water partition coefficient (Wildman–Crippen LogP) is 4.39. The van der Waals surface area contributed by atoms with E-state index in [1.165, 1.54) is 23.9 Å². The number of rotatable bonds is 5. The van der Waals surface area contributed by atoms with Crippen LogP contribution < -0.4 is 5.32 Å². The zero-order valence-corrected chi connectivity index (χ0v) is 13.9. The third-order valence-electron chi connectivity index (χ3n) is 2.89. The standard InChI is InChI=1S/C16H15BrFNOS/c1-11(21-15-5-3-2-4-14(15)17)16(20)19-10-12-6-8-13(18)9-7-12/h2-9,11H,10H2,1H3,(H,19,20). The first kappa shape index (κ1) is 16.0. The summed E-state index contributed by atoms with van der Waals surface area (Å²) in [6.45, 7) is 2.27. The maximum Gasteiger partial charge on any atom is 0.233 e. The van der Waals surface area contributed by atoms with Crippen molar-refractivity contribution in [1.82, 2.24) is 5.32 Å². The van der Waals surface area contributed by atoms with Gasteiger partial charge < -0.3 is 5.32 Å². The van der Waals surface area contributed by atoms with Gasteiger partial charge >= 0.3 is 0 Å². The van der Waals surface area contributed by atoms with Crippen LogP contribution in [0, 0.1) is 5.82 Å². The Morgan fingerprint density at radius 3 is 2.57 bits per heavy atom. The van der Waals surface area contributed by atoms with E-state index in [2.05, 4.69) is 21.2 Å². The molecular weight excluding hydrogens is 353 g/mol. The highest BCUT2D eigenvalue weighted by Gasteiger charge is 2.15. The van der Waals surface area contributed by atoms with E-state index in [1.807, 2.05) is 31.2 Å². The molecule has 0 spiro atoms. The van der Waals surface area contributed by atoms with E-state index in [0.29, 0.717) is 6.54 Å². The Hall–Kier alpha value is -1.33. The number of benzene rings is 2. The van der Waals surface area contributed by atoms with Gasteiger partial charge in [-0.3, -0.25) is 4.79 Å². The number of carbonyl (C=O) groups excluding carboxylic acids is 1. The summed E-state index contributed by atoms with van der Waals surface area (Å²) >= 11 is 4.97. The van der Waals surface area contributed by atoms with Crippen molar-refractivity contribution in [2.45, 2.75) is 23.6 Å². The molecule has 0 aromatic heterocycles. The first-order valence-electron chi connectivity index (χ1n) is 6.49. The molecule has 0 aliphatic carbocycles. The maximum atomic E-state index is 12.8. The summed E-state index contributed by atoms with van der Waals surface area (Å²) in [4.78, 5) is 13.1.